The van der Waals surface area contributed by atoms with E-state index in [0.717, 1.165) is 22.3 Å². The van der Waals surface area contributed by atoms with Gasteiger partial charge in [-0.15, -0.1) is 0 Å². The second-order valence-electron chi connectivity index (χ2n) is 9.26. The second-order valence-corrected chi connectivity index (χ2v) is 9.26. The number of nitrogens with one attached hydrogen (secondary N) is 2. The summed E-state index contributed by atoms with van der Waals surface area (Å²) in [7, 11) is 1.41. The number of amides is 2. The van der Waals surface area contributed by atoms with Crippen molar-refractivity contribution in [2.45, 2.75) is 57.7 Å². The molecule has 0 saturated heterocycles. The monoisotopic (exact) mass is 482 g/mol. The lowest BCUT2D eigenvalue weighted by molar-refractivity contribution is -0.143. The van der Waals surface area contributed by atoms with Crippen molar-refractivity contribution in [3.63, 3.8) is 0 Å². The van der Waals surface area contributed by atoms with Crippen molar-refractivity contribution >= 4 is 18.0 Å². The van der Waals surface area contributed by atoms with Crippen LogP contribution >= 0.6 is 0 Å². The van der Waals surface area contributed by atoms with E-state index < -0.39 is 36.2 Å². The van der Waals surface area contributed by atoms with Crippen LogP contribution in [-0.2, 0) is 19.1 Å². The van der Waals surface area contributed by atoms with Gasteiger partial charge in [0.05, 0.1) is 6.10 Å². The molecule has 188 valence electrons. The first-order valence-corrected chi connectivity index (χ1v) is 11.9. The van der Waals surface area contributed by atoms with Crippen LogP contribution in [0.1, 0.15) is 50.7 Å². The van der Waals surface area contributed by atoms with E-state index >= 15 is 0 Å². The van der Waals surface area contributed by atoms with Crippen LogP contribution < -0.4 is 10.6 Å². The minimum absolute atomic E-state index is 0.0989. The molecule has 1 unspecified atom stereocenters. The van der Waals surface area contributed by atoms with Crippen molar-refractivity contribution < 1.29 is 29.0 Å². The molecule has 0 spiro atoms. The summed E-state index contributed by atoms with van der Waals surface area (Å²) in [6, 6.07) is 13.8. The molecule has 1 aliphatic carbocycles. The Morgan fingerprint density at radius 1 is 0.914 bits per heavy atom. The molecule has 0 radical (unpaired) electrons. The fraction of sp³-hybridized carbons (Fsp3) is 0.444. The van der Waals surface area contributed by atoms with Crippen LogP contribution in [0.25, 0.3) is 11.1 Å². The number of hydrogen-bond donors (Lipinski definition) is 3. The molecule has 0 bridgehead atoms. The molecule has 8 nitrogen and oxygen atoms in total. The Bertz CT molecular complexity index is 1010. The van der Waals surface area contributed by atoms with Gasteiger partial charge in [0.25, 0.3) is 0 Å². The Labute approximate surface area is 206 Å². The lowest BCUT2D eigenvalue weighted by Crippen LogP contribution is -2.56. The van der Waals surface area contributed by atoms with Gasteiger partial charge < -0.3 is 25.2 Å². The molecule has 3 atom stereocenters. The number of ether oxygens (including phenoxy) is 2. The number of hydrogen-bond acceptors (Lipinski definition) is 5. The highest BCUT2D eigenvalue weighted by Gasteiger charge is 2.33. The quantitative estimate of drug-likeness (QED) is 0.447. The minimum Gasteiger partial charge on any atom is -0.480 e. The first-order chi connectivity index (χ1) is 16.7. The van der Waals surface area contributed by atoms with Crippen molar-refractivity contribution in [2.75, 3.05) is 13.7 Å². The number of rotatable bonds is 11. The molecule has 2 aromatic carbocycles. The molecule has 0 fully saturated rings. The SMILES string of the molecule is CO[C@H](C)[C@H](NC(=O)OCC1c2ccccc2-c2ccccc21)C(=O)NC(CCC(C)C)C(=O)O. The van der Waals surface area contributed by atoms with Crippen molar-refractivity contribution in [3.05, 3.63) is 59.7 Å². The Balaban J connectivity index is 1.66. The summed E-state index contributed by atoms with van der Waals surface area (Å²) in [5.74, 6) is -1.58. The summed E-state index contributed by atoms with van der Waals surface area (Å²) in [6.07, 6.45) is -0.542. The van der Waals surface area contributed by atoms with Crippen molar-refractivity contribution in [1.82, 2.24) is 10.6 Å². The van der Waals surface area contributed by atoms with Gasteiger partial charge in [-0.1, -0.05) is 62.4 Å². The fourth-order valence-electron chi connectivity index (χ4n) is 4.32. The van der Waals surface area contributed by atoms with E-state index in [1.54, 1.807) is 6.92 Å². The molecular weight excluding hydrogens is 448 g/mol. The third-order valence-electron chi connectivity index (χ3n) is 6.39. The molecule has 0 saturated carbocycles. The molecule has 2 amide bonds. The first-order valence-electron chi connectivity index (χ1n) is 11.9. The number of carbonyl (C=O) groups is 3. The Kier molecular flexibility index (Phi) is 8.87. The lowest BCUT2D eigenvalue weighted by Gasteiger charge is -2.25. The number of aliphatic carboxylic acids is 1. The summed E-state index contributed by atoms with van der Waals surface area (Å²) < 4.78 is 10.8. The van der Waals surface area contributed by atoms with E-state index in [9.17, 15) is 19.5 Å². The molecule has 2 aromatic rings. The zero-order valence-electron chi connectivity index (χ0n) is 20.6. The Morgan fingerprint density at radius 2 is 1.49 bits per heavy atom. The minimum atomic E-state index is -1.12. The van der Waals surface area contributed by atoms with Crippen LogP contribution in [0.3, 0.4) is 0 Å². The maximum absolute atomic E-state index is 12.9. The van der Waals surface area contributed by atoms with Gasteiger partial charge in [0, 0.05) is 13.0 Å². The predicted octanol–water partition coefficient (Wildman–Crippen LogP) is 3.93. The maximum atomic E-state index is 12.9. The van der Waals surface area contributed by atoms with Gasteiger partial charge >= 0.3 is 12.1 Å². The van der Waals surface area contributed by atoms with Crippen LogP contribution in [0, 0.1) is 5.92 Å². The second kappa shape index (κ2) is 11.8. The average molecular weight is 483 g/mol. The topological polar surface area (TPSA) is 114 Å². The van der Waals surface area contributed by atoms with Gasteiger partial charge in [0.2, 0.25) is 5.91 Å². The molecule has 35 heavy (non-hydrogen) atoms. The number of carboxylic acids is 1. The van der Waals surface area contributed by atoms with Crippen molar-refractivity contribution in [3.8, 4) is 11.1 Å². The Hall–Kier alpha value is -3.39. The fourth-order valence-corrected chi connectivity index (χ4v) is 4.32. The number of methoxy groups -OCH3 is 1. The number of carboxylic acid groups (broad SMARTS) is 1. The van der Waals surface area contributed by atoms with E-state index in [2.05, 4.69) is 10.6 Å². The van der Waals surface area contributed by atoms with Crippen LogP contribution in [0.2, 0.25) is 0 Å². The van der Waals surface area contributed by atoms with E-state index in [1.165, 1.54) is 7.11 Å². The smallest absolute Gasteiger partial charge is 0.407 e. The van der Waals surface area contributed by atoms with E-state index in [4.69, 9.17) is 9.47 Å². The Morgan fingerprint density at radius 3 is 2.00 bits per heavy atom. The average Bonchev–Trinajstić information content (AvgIpc) is 3.16. The number of benzene rings is 2. The van der Waals surface area contributed by atoms with Gasteiger partial charge in [-0.3, -0.25) is 4.79 Å². The summed E-state index contributed by atoms with van der Waals surface area (Å²) in [5, 5.41) is 14.6. The van der Waals surface area contributed by atoms with E-state index in [-0.39, 0.29) is 18.9 Å². The summed E-state index contributed by atoms with van der Waals surface area (Å²) in [6.45, 7) is 5.68. The summed E-state index contributed by atoms with van der Waals surface area (Å²) in [4.78, 5) is 37.2. The number of carbonyl (C=O) groups excluding carboxylic acids is 2. The molecule has 0 aliphatic heterocycles. The number of alkyl carbamates (subject to hydrolysis) is 1. The van der Waals surface area contributed by atoms with Gasteiger partial charge in [0.1, 0.15) is 18.7 Å². The standard InChI is InChI=1S/C27H34N2O6/c1-16(2)13-14-23(26(31)32)28-25(30)24(17(3)34-4)29-27(33)35-15-22-20-11-7-5-9-18(20)19-10-6-8-12-21(19)22/h5-12,16-17,22-24H,13-15H2,1-4H3,(H,28,30)(H,29,33)(H,31,32)/t17-,23?,24+/m1/s1. The van der Waals surface area contributed by atoms with Crippen molar-refractivity contribution in [1.29, 1.82) is 0 Å². The van der Waals surface area contributed by atoms with Gasteiger partial charge in [0.15, 0.2) is 0 Å². The number of fused-ring (bicyclic) bond motifs is 3. The maximum Gasteiger partial charge on any atom is 0.407 e. The van der Waals surface area contributed by atoms with Gasteiger partial charge in [-0.05, 0) is 47.9 Å². The molecule has 0 aromatic heterocycles. The molecule has 1 aliphatic rings. The molecule has 3 rings (SSSR count). The van der Waals surface area contributed by atoms with E-state index in [1.807, 2.05) is 62.4 Å². The summed E-state index contributed by atoms with van der Waals surface area (Å²) >= 11 is 0. The largest absolute Gasteiger partial charge is 0.480 e. The van der Waals surface area contributed by atoms with Crippen LogP contribution in [0.5, 0.6) is 0 Å². The van der Waals surface area contributed by atoms with Crippen molar-refractivity contribution in [2.24, 2.45) is 5.92 Å². The van der Waals surface area contributed by atoms with E-state index in [0.29, 0.717) is 12.3 Å². The van der Waals surface area contributed by atoms with Crippen LogP contribution in [0.15, 0.2) is 48.5 Å². The zero-order valence-corrected chi connectivity index (χ0v) is 20.6. The lowest BCUT2D eigenvalue weighted by atomic mass is 9.98. The summed E-state index contributed by atoms with van der Waals surface area (Å²) in [5.41, 5.74) is 4.39. The predicted molar refractivity (Wildman–Crippen MR) is 132 cm³/mol. The third kappa shape index (κ3) is 6.39. The molecule has 8 heteroatoms. The zero-order chi connectivity index (χ0) is 25.5. The van der Waals surface area contributed by atoms with Gasteiger partial charge in [-0.2, -0.15) is 0 Å². The molecular formula is C27H34N2O6. The van der Waals surface area contributed by atoms with Crippen LogP contribution in [0.4, 0.5) is 4.79 Å². The van der Waals surface area contributed by atoms with Crippen LogP contribution in [-0.4, -0.2) is 55.0 Å². The van der Waals surface area contributed by atoms with Gasteiger partial charge in [-0.25, -0.2) is 9.59 Å². The molecule has 0 heterocycles. The first kappa shape index (κ1) is 26.2. The highest BCUT2D eigenvalue weighted by molar-refractivity contribution is 5.89. The molecule has 3 N–H and O–H groups in total. The highest BCUT2D eigenvalue weighted by atomic mass is 16.5. The normalized spacial score (nSPS) is 15.0. The highest BCUT2D eigenvalue weighted by Crippen LogP contribution is 2.44. The third-order valence-corrected chi connectivity index (χ3v) is 6.39.